The van der Waals surface area contributed by atoms with Gasteiger partial charge in [0, 0.05) is 24.3 Å². The fourth-order valence-electron chi connectivity index (χ4n) is 1.97. The van der Waals surface area contributed by atoms with Gasteiger partial charge in [-0.25, -0.2) is 0 Å². The lowest BCUT2D eigenvalue weighted by molar-refractivity contribution is -0.385. The van der Waals surface area contributed by atoms with Gasteiger partial charge < -0.3 is 9.05 Å². The minimum absolute atomic E-state index is 0.0653. The Hall–Kier alpha value is -2.16. The van der Waals surface area contributed by atoms with Crippen LogP contribution in [-0.4, -0.2) is 9.85 Å². The van der Waals surface area contributed by atoms with Gasteiger partial charge in [0.1, 0.15) is 11.5 Å². The summed E-state index contributed by atoms with van der Waals surface area (Å²) in [7, 11) is 0. The van der Waals surface area contributed by atoms with Gasteiger partial charge in [-0.2, -0.15) is 0 Å². The van der Waals surface area contributed by atoms with Gasteiger partial charge in [0.2, 0.25) is 0 Å². The van der Waals surface area contributed by atoms with Crippen LogP contribution >= 0.6 is 17.9 Å². The minimum atomic E-state index is -3.08. The smallest absolute Gasteiger partial charge is 0.345 e. The van der Waals surface area contributed by atoms with Crippen molar-refractivity contribution in [3.05, 3.63) is 67.8 Å². The van der Waals surface area contributed by atoms with Crippen LogP contribution in [0.15, 0.2) is 36.4 Å². The van der Waals surface area contributed by atoms with E-state index in [9.17, 15) is 20.2 Å². The number of benzene rings is 2. The summed E-state index contributed by atoms with van der Waals surface area (Å²) in [5.41, 5.74) is -2.18. The van der Waals surface area contributed by atoms with Crippen LogP contribution in [0, 0.1) is 34.1 Å². The molecule has 0 bridgehead atoms. The molecule has 0 saturated heterocycles. The summed E-state index contributed by atoms with van der Waals surface area (Å²) in [6, 6.07) is 8.16. The van der Waals surface area contributed by atoms with Gasteiger partial charge in [0.25, 0.3) is 11.4 Å². The van der Waals surface area contributed by atoms with Crippen LogP contribution in [0.25, 0.3) is 0 Å². The fourth-order valence-corrected chi connectivity index (χ4v) is 3.92. The number of rotatable bonds is 6. The molecule has 2 aromatic carbocycles. The third-order valence-electron chi connectivity index (χ3n) is 3.17. The fraction of sp³-hybridized carbons (Fsp3) is 0.143. The molecule has 2 aromatic rings. The highest BCUT2D eigenvalue weighted by Gasteiger charge is 2.21. The van der Waals surface area contributed by atoms with E-state index in [1.54, 1.807) is 13.8 Å². The third kappa shape index (κ3) is 4.91. The van der Waals surface area contributed by atoms with Gasteiger partial charge in [-0.3, -0.25) is 20.2 Å². The lowest BCUT2D eigenvalue weighted by Crippen LogP contribution is -1.99. The lowest BCUT2D eigenvalue weighted by atomic mass is 10.2. The Labute approximate surface area is 153 Å². The Morgan fingerprint density at radius 2 is 1.28 bits per heavy atom. The van der Waals surface area contributed by atoms with E-state index in [0.29, 0.717) is 22.6 Å². The van der Waals surface area contributed by atoms with Gasteiger partial charge in [-0.05, 0) is 48.9 Å². The second-order valence-corrected chi connectivity index (χ2v) is 10.2. The molecule has 132 valence electrons. The number of nitrogens with zero attached hydrogens (tertiary/aromatic N) is 2. The maximum atomic E-state index is 10.8. The van der Waals surface area contributed by atoms with Gasteiger partial charge in [0.05, 0.1) is 9.85 Å². The molecule has 25 heavy (non-hydrogen) atoms. The monoisotopic (exact) mass is 400 g/mol. The number of non-ortho nitro benzene ring substituents is 2. The Balaban J connectivity index is 2.21. The largest absolute Gasteiger partial charge is 0.428 e. The Bertz CT molecular complexity index is 835. The molecule has 0 aromatic heterocycles. The second-order valence-electron chi connectivity index (χ2n) is 5.06. The molecule has 0 aliphatic rings. The van der Waals surface area contributed by atoms with Crippen molar-refractivity contribution in [2.45, 2.75) is 13.8 Å². The molecule has 0 saturated carbocycles. The highest BCUT2D eigenvalue weighted by molar-refractivity contribution is 8.60. The Morgan fingerprint density at radius 1 is 0.920 bits per heavy atom. The quantitative estimate of drug-likeness (QED) is 0.323. The summed E-state index contributed by atoms with van der Waals surface area (Å²) in [5.74, 6) is 0.645. The molecule has 0 spiro atoms. The summed E-state index contributed by atoms with van der Waals surface area (Å²) in [5, 5.41) is 21.5. The summed E-state index contributed by atoms with van der Waals surface area (Å²) in [4.78, 5) is 20.5. The molecule has 0 amide bonds. The molecule has 0 heterocycles. The number of aryl methyl sites for hydroxylation is 2. The molecule has 0 fully saturated rings. The van der Waals surface area contributed by atoms with Crippen LogP contribution < -0.4 is 9.05 Å². The summed E-state index contributed by atoms with van der Waals surface area (Å²) < 4.78 is 11.2. The van der Waals surface area contributed by atoms with Crippen LogP contribution in [-0.2, 0) is 11.8 Å². The zero-order valence-electron chi connectivity index (χ0n) is 13.1. The number of hydrogen-bond donors (Lipinski definition) is 1. The van der Waals surface area contributed by atoms with Gasteiger partial charge >= 0.3 is 5.69 Å². The average molecular weight is 400 g/mol. The first-order valence-electron chi connectivity index (χ1n) is 6.81. The van der Waals surface area contributed by atoms with Crippen molar-refractivity contribution < 1.29 is 18.9 Å². The van der Waals surface area contributed by atoms with Crippen LogP contribution in [0.5, 0.6) is 11.5 Å². The normalized spacial score (nSPS) is 11.0. The van der Waals surface area contributed by atoms with Crippen LogP contribution in [0.1, 0.15) is 11.1 Å². The van der Waals surface area contributed by atoms with E-state index in [1.807, 2.05) is 0 Å². The molecule has 0 atom stereocenters. The Morgan fingerprint density at radius 3 is 1.56 bits per heavy atom. The Kier molecular flexibility index (Phi) is 5.66. The third-order valence-corrected chi connectivity index (χ3v) is 4.96. The van der Waals surface area contributed by atoms with E-state index in [-0.39, 0.29) is 11.4 Å². The molecular weight excluding hydrogens is 387 g/mol. The van der Waals surface area contributed by atoms with Gasteiger partial charge in [-0.1, -0.05) is 12.2 Å². The zero-order chi connectivity index (χ0) is 18.8. The highest BCUT2D eigenvalue weighted by atomic mass is 32.9. The van der Waals surface area contributed by atoms with Crippen molar-refractivity contribution in [3.8, 4) is 11.5 Å². The predicted octanol–water partition coefficient (Wildman–Crippen LogP) is 4.73. The number of nitro benzene ring substituents is 2. The summed E-state index contributed by atoms with van der Waals surface area (Å²) in [6.07, 6.45) is 0. The minimum Gasteiger partial charge on any atom is -0.428 e. The van der Waals surface area contributed by atoms with Crippen LogP contribution in [0.3, 0.4) is 0 Å². The van der Waals surface area contributed by atoms with Crippen LogP contribution in [0.2, 0.25) is 0 Å². The lowest BCUT2D eigenvalue weighted by Gasteiger charge is -2.20. The molecule has 11 heteroatoms. The molecule has 0 aliphatic heterocycles. The number of thiol groups is 1. The van der Waals surface area contributed by atoms with Crippen molar-refractivity contribution in [2.75, 3.05) is 0 Å². The van der Waals surface area contributed by atoms with Crippen molar-refractivity contribution in [3.63, 3.8) is 0 Å². The van der Waals surface area contributed by atoms with Crippen molar-refractivity contribution in [2.24, 2.45) is 0 Å². The summed E-state index contributed by atoms with van der Waals surface area (Å²) >= 11 is 9.51. The number of nitro groups is 2. The van der Waals surface area contributed by atoms with Crippen molar-refractivity contribution in [1.29, 1.82) is 0 Å². The van der Waals surface area contributed by atoms with E-state index in [0.717, 1.165) is 0 Å². The second kappa shape index (κ2) is 7.38. The van der Waals surface area contributed by atoms with Crippen LogP contribution in [0.4, 0.5) is 11.4 Å². The molecular formula is C14H13N2O6PS2. The van der Waals surface area contributed by atoms with E-state index in [1.165, 1.54) is 36.4 Å². The maximum Gasteiger partial charge on any atom is 0.345 e. The van der Waals surface area contributed by atoms with Gasteiger partial charge in [0.15, 0.2) is 0 Å². The molecule has 0 radical (unpaired) electrons. The first-order chi connectivity index (χ1) is 11.6. The molecule has 8 nitrogen and oxygen atoms in total. The van der Waals surface area contributed by atoms with Gasteiger partial charge in [-0.15, -0.1) is 0 Å². The topological polar surface area (TPSA) is 105 Å². The zero-order valence-corrected chi connectivity index (χ0v) is 15.7. The highest BCUT2D eigenvalue weighted by Crippen LogP contribution is 2.54. The predicted molar refractivity (Wildman–Crippen MR) is 100 cm³/mol. The SMILES string of the molecule is Cc1cc([N+](=O)[O-])ccc1OP(=S)(S)Oc1ccc([N+](=O)[O-])cc1C. The number of hydrogen-bond acceptors (Lipinski definition) is 7. The molecule has 0 aliphatic carbocycles. The standard InChI is InChI=1S/C14H13N2O6PS2/c1-9-7-11(15(17)18)3-5-13(9)21-23(24,25)22-14-6-4-12(16(19)20)8-10(14)2/h3-8H,1-2H3,(H,24,25). The molecule has 2 rings (SSSR count). The molecule has 0 unspecified atom stereocenters. The first kappa shape index (κ1) is 19.2. The van der Waals surface area contributed by atoms with Crippen molar-refractivity contribution in [1.82, 2.24) is 0 Å². The maximum absolute atomic E-state index is 10.8. The summed E-state index contributed by atoms with van der Waals surface area (Å²) in [6.45, 7) is 3.28. The van der Waals surface area contributed by atoms with E-state index >= 15 is 0 Å². The van der Waals surface area contributed by atoms with E-state index in [4.69, 9.17) is 20.9 Å². The van der Waals surface area contributed by atoms with E-state index in [2.05, 4.69) is 12.2 Å². The molecule has 0 N–H and O–H groups in total. The van der Waals surface area contributed by atoms with Crippen molar-refractivity contribution >= 4 is 41.1 Å². The van der Waals surface area contributed by atoms with E-state index < -0.39 is 15.5 Å². The average Bonchev–Trinajstić information content (AvgIpc) is 2.50. The first-order valence-corrected chi connectivity index (χ1v) is 10.6.